The van der Waals surface area contributed by atoms with Crippen molar-refractivity contribution in [1.29, 1.82) is 0 Å². The Morgan fingerprint density at radius 3 is 2.93 bits per heavy atom. The highest BCUT2D eigenvalue weighted by atomic mass is 16.5. The van der Waals surface area contributed by atoms with E-state index in [1.165, 1.54) is 0 Å². The number of rotatable bonds is 6. The minimum Gasteiger partial charge on any atom is -0.493 e. The Balaban J connectivity index is 1.82. The molecule has 1 aliphatic heterocycles. The summed E-state index contributed by atoms with van der Waals surface area (Å²) in [5, 5.41) is 11.0. The highest BCUT2D eigenvalue weighted by molar-refractivity contribution is 5.97. The maximum Gasteiger partial charge on any atom is 0.224 e. The van der Waals surface area contributed by atoms with E-state index in [4.69, 9.17) is 20.2 Å². The molecule has 0 unspecified atom stereocenters. The van der Waals surface area contributed by atoms with Crippen LogP contribution in [-0.4, -0.2) is 59.6 Å². The molecule has 4 N–H and O–H groups in total. The smallest absolute Gasteiger partial charge is 0.224 e. The zero-order valence-electron chi connectivity index (χ0n) is 17.0. The van der Waals surface area contributed by atoms with Crippen molar-refractivity contribution in [1.82, 2.24) is 20.2 Å². The molecule has 1 saturated heterocycles. The van der Waals surface area contributed by atoms with Crippen LogP contribution in [0.15, 0.2) is 18.2 Å². The Morgan fingerprint density at radius 2 is 2.17 bits per heavy atom. The van der Waals surface area contributed by atoms with E-state index in [9.17, 15) is 0 Å². The van der Waals surface area contributed by atoms with Gasteiger partial charge in [0.05, 0.1) is 42.5 Å². The average Bonchev–Trinajstić information content (AvgIpc) is 3.14. The molecule has 1 atom stereocenters. The van der Waals surface area contributed by atoms with E-state index in [2.05, 4.69) is 32.3 Å². The van der Waals surface area contributed by atoms with E-state index in [-0.39, 0.29) is 0 Å². The first kappa shape index (κ1) is 19.3. The van der Waals surface area contributed by atoms with E-state index >= 15 is 0 Å². The quantitative estimate of drug-likeness (QED) is 0.582. The van der Waals surface area contributed by atoms with Crippen molar-refractivity contribution in [3.63, 3.8) is 0 Å². The van der Waals surface area contributed by atoms with Crippen molar-refractivity contribution in [3.05, 3.63) is 18.2 Å². The van der Waals surface area contributed by atoms with Crippen LogP contribution in [0.5, 0.6) is 5.75 Å². The standard InChI is InChI=1S/C20H27N7O2/c1-4-13-11-28-7-6-27(13)17-10-14(23-20(22-3)24-17)12-8-15-18(19(21)26-25-15)16(9-12)29-5-2/h8-10,13H,4-7,11H2,1-3H3,(H3,21,25,26)(H,22,23,24)/t13-/m1/s1. The third kappa shape index (κ3) is 3.65. The van der Waals surface area contributed by atoms with E-state index in [1.54, 1.807) is 0 Å². The van der Waals surface area contributed by atoms with Gasteiger partial charge in [-0.1, -0.05) is 6.92 Å². The summed E-state index contributed by atoms with van der Waals surface area (Å²) < 4.78 is 11.5. The Labute approximate surface area is 169 Å². The maximum atomic E-state index is 6.02. The fourth-order valence-corrected chi connectivity index (χ4v) is 3.70. The van der Waals surface area contributed by atoms with Gasteiger partial charge in [0.25, 0.3) is 0 Å². The number of aromatic nitrogens is 4. The molecule has 0 bridgehead atoms. The van der Waals surface area contributed by atoms with Crippen LogP contribution in [0.3, 0.4) is 0 Å². The minimum absolute atomic E-state index is 0.296. The van der Waals surface area contributed by atoms with Crippen LogP contribution in [0.25, 0.3) is 22.2 Å². The second kappa shape index (κ2) is 8.12. The van der Waals surface area contributed by atoms with Gasteiger partial charge >= 0.3 is 0 Å². The van der Waals surface area contributed by atoms with Crippen LogP contribution >= 0.6 is 0 Å². The lowest BCUT2D eigenvalue weighted by Gasteiger charge is -2.36. The van der Waals surface area contributed by atoms with Crippen LogP contribution in [0.1, 0.15) is 20.3 Å². The lowest BCUT2D eigenvalue weighted by Crippen LogP contribution is -2.45. The number of fused-ring (bicyclic) bond motifs is 1. The first-order valence-corrected chi connectivity index (χ1v) is 9.96. The predicted molar refractivity (Wildman–Crippen MR) is 114 cm³/mol. The number of nitrogens with one attached hydrogen (secondary N) is 2. The number of hydrogen-bond acceptors (Lipinski definition) is 8. The highest BCUT2D eigenvalue weighted by Gasteiger charge is 2.24. The zero-order chi connectivity index (χ0) is 20.4. The SMILES string of the molecule is CCOc1cc(-c2cc(N3CCOC[C@H]3CC)nc(NC)n2)cc2[nH]nc(N)c12. The van der Waals surface area contributed by atoms with E-state index in [0.717, 1.165) is 40.9 Å². The number of nitrogens with two attached hydrogens (primary N) is 1. The van der Waals surface area contributed by atoms with Gasteiger partial charge < -0.3 is 25.4 Å². The fourth-order valence-electron chi connectivity index (χ4n) is 3.70. The predicted octanol–water partition coefficient (Wildman–Crippen LogP) is 2.66. The van der Waals surface area contributed by atoms with Gasteiger partial charge in [0.2, 0.25) is 5.95 Å². The van der Waals surface area contributed by atoms with Crippen LogP contribution in [0.4, 0.5) is 17.6 Å². The Hall–Kier alpha value is -3.07. The minimum atomic E-state index is 0.296. The molecule has 1 fully saturated rings. The second-order valence-corrected chi connectivity index (χ2v) is 6.95. The van der Waals surface area contributed by atoms with Gasteiger partial charge in [0.15, 0.2) is 5.82 Å². The number of ether oxygens (including phenoxy) is 2. The summed E-state index contributed by atoms with van der Waals surface area (Å²) in [6.45, 7) is 6.85. The van der Waals surface area contributed by atoms with Crippen molar-refractivity contribution in [2.24, 2.45) is 0 Å². The monoisotopic (exact) mass is 397 g/mol. The molecule has 1 aliphatic rings. The third-order valence-electron chi connectivity index (χ3n) is 5.18. The molecular formula is C20H27N7O2. The first-order valence-electron chi connectivity index (χ1n) is 9.96. The molecule has 0 aliphatic carbocycles. The summed E-state index contributed by atoms with van der Waals surface area (Å²) in [6.07, 6.45) is 0.988. The molecule has 0 radical (unpaired) electrons. The Morgan fingerprint density at radius 1 is 1.31 bits per heavy atom. The largest absolute Gasteiger partial charge is 0.493 e. The molecule has 9 heteroatoms. The molecule has 2 aromatic heterocycles. The van der Waals surface area contributed by atoms with Crippen LogP contribution < -0.4 is 20.7 Å². The number of nitrogens with zero attached hydrogens (tertiary/aromatic N) is 4. The van der Waals surface area contributed by atoms with Crippen molar-refractivity contribution in [3.8, 4) is 17.0 Å². The van der Waals surface area contributed by atoms with Crippen molar-refractivity contribution in [2.75, 3.05) is 49.4 Å². The molecule has 0 saturated carbocycles. The summed E-state index contributed by atoms with van der Waals surface area (Å²) in [5.74, 6) is 2.57. The summed E-state index contributed by atoms with van der Waals surface area (Å²) in [5.41, 5.74) is 8.54. The lowest BCUT2D eigenvalue weighted by molar-refractivity contribution is 0.0926. The maximum absolute atomic E-state index is 6.02. The van der Waals surface area contributed by atoms with Crippen molar-refractivity contribution < 1.29 is 9.47 Å². The Bertz CT molecular complexity index is 1000. The van der Waals surface area contributed by atoms with Crippen molar-refractivity contribution >= 4 is 28.5 Å². The number of benzene rings is 1. The molecule has 0 amide bonds. The van der Waals surface area contributed by atoms with E-state index < -0.39 is 0 Å². The second-order valence-electron chi connectivity index (χ2n) is 6.95. The van der Waals surface area contributed by atoms with Gasteiger partial charge in [-0.15, -0.1) is 0 Å². The number of H-pyrrole nitrogens is 1. The summed E-state index contributed by atoms with van der Waals surface area (Å²) in [7, 11) is 1.82. The highest BCUT2D eigenvalue weighted by Crippen LogP contribution is 2.35. The zero-order valence-corrected chi connectivity index (χ0v) is 17.0. The topological polar surface area (TPSA) is 114 Å². The van der Waals surface area contributed by atoms with Crippen LogP contribution in [-0.2, 0) is 4.74 Å². The van der Waals surface area contributed by atoms with Gasteiger partial charge in [-0.25, -0.2) is 4.98 Å². The van der Waals surface area contributed by atoms with Crippen LogP contribution in [0, 0.1) is 0 Å². The van der Waals surface area contributed by atoms with E-state index in [0.29, 0.717) is 43.4 Å². The van der Waals surface area contributed by atoms with Gasteiger partial charge in [-0.3, -0.25) is 5.10 Å². The van der Waals surface area contributed by atoms with Gasteiger partial charge in [0, 0.05) is 25.2 Å². The van der Waals surface area contributed by atoms with Gasteiger partial charge in [0.1, 0.15) is 11.6 Å². The number of nitrogen functional groups attached to an aromatic ring is 1. The number of morpholine rings is 1. The van der Waals surface area contributed by atoms with Gasteiger partial charge in [-0.05, 0) is 25.5 Å². The number of hydrogen-bond donors (Lipinski definition) is 3. The molecule has 4 rings (SSSR count). The molecule has 3 heterocycles. The number of anilines is 3. The van der Waals surface area contributed by atoms with E-state index in [1.807, 2.05) is 32.2 Å². The lowest BCUT2D eigenvalue weighted by atomic mass is 10.1. The Kier molecular flexibility index (Phi) is 5.39. The molecule has 9 nitrogen and oxygen atoms in total. The normalized spacial score (nSPS) is 16.9. The van der Waals surface area contributed by atoms with Crippen molar-refractivity contribution in [2.45, 2.75) is 26.3 Å². The molecule has 0 spiro atoms. The number of aromatic amines is 1. The fraction of sp³-hybridized carbons (Fsp3) is 0.450. The van der Waals surface area contributed by atoms with Gasteiger partial charge in [-0.2, -0.15) is 10.1 Å². The molecule has 3 aromatic rings. The molecular weight excluding hydrogens is 370 g/mol. The summed E-state index contributed by atoms with van der Waals surface area (Å²) >= 11 is 0. The average molecular weight is 397 g/mol. The molecule has 154 valence electrons. The molecule has 29 heavy (non-hydrogen) atoms. The summed E-state index contributed by atoms with van der Waals surface area (Å²) in [6, 6.07) is 6.26. The van der Waals surface area contributed by atoms with Crippen LogP contribution in [0.2, 0.25) is 0 Å². The summed E-state index contributed by atoms with van der Waals surface area (Å²) in [4.78, 5) is 11.7. The third-order valence-corrected chi connectivity index (χ3v) is 5.18. The molecule has 1 aromatic carbocycles. The first-order chi connectivity index (χ1) is 14.1.